The predicted octanol–water partition coefficient (Wildman–Crippen LogP) is 2.44. The fourth-order valence-electron chi connectivity index (χ4n) is 0.969. The average molecular weight is 254 g/mol. The molecule has 0 aromatic carbocycles. The van der Waals surface area contributed by atoms with Gasteiger partial charge in [0.25, 0.3) is 0 Å². The van der Waals surface area contributed by atoms with Gasteiger partial charge in [-0.05, 0) is 28.1 Å². The summed E-state index contributed by atoms with van der Waals surface area (Å²) in [7, 11) is 0. The third-order valence-electron chi connectivity index (χ3n) is 1.61. The molecule has 0 unspecified atom stereocenters. The molecule has 0 bridgehead atoms. The number of aromatic nitrogens is 3. The van der Waals surface area contributed by atoms with Crippen LogP contribution in [0.4, 0.5) is 4.39 Å². The number of halogens is 2. The fourth-order valence-corrected chi connectivity index (χ4v) is 1.17. The lowest BCUT2D eigenvalue weighted by Gasteiger charge is -1.98. The number of pyridine rings is 1. The van der Waals surface area contributed by atoms with Crippen molar-refractivity contribution in [2.45, 2.75) is 0 Å². The van der Waals surface area contributed by atoms with Crippen molar-refractivity contribution < 1.29 is 4.39 Å². The molecule has 2 aromatic rings. The molecule has 0 aliphatic heterocycles. The van der Waals surface area contributed by atoms with Crippen molar-refractivity contribution in [1.29, 1.82) is 0 Å². The molecule has 2 rings (SSSR count). The van der Waals surface area contributed by atoms with Gasteiger partial charge in [0.2, 0.25) is 5.95 Å². The molecule has 0 atom stereocenters. The molecular formula is C9H5BrFN3. The van der Waals surface area contributed by atoms with Gasteiger partial charge >= 0.3 is 0 Å². The molecule has 0 fully saturated rings. The van der Waals surface area contributed by atoms with E-state index in [-0.39, 0.29) is 0 Å². The van der Waals surface area contributed by atoms with Gasteiger partial charge < -0.3 is 0 Å². The monoisotopic (exact) mass is 253 g/mol. The second-order valence-corrected chi connectivity index (χ2v) is 3.51. The Labute approximate surface area is 88.2 Å². The van der Waals surface area contributed by atoms with Gasteiger partial charge in [0.15, 0.2) is 5.82 Å². The van der Waals surface area contributed by atoms with E-state index in [2.05, 4.69) is 30.9 Å². The molecule has 5 heteroatoms. The van der Waals surface area contributed by atoms with E-state index in [4.69, 9.17) is 0 Å². The summed E-state index contributed by atoms with van der Waals surface area (Å²) in [5.41, 5.74) is 0.693. The third kappa shape index (κ3) is 1.93. The minimum atomic E-state index is -0.508. The maximum absolute atomic E-state index is 12.5. The molecule has 0 spiro atoms. The third-order valence-corrected chi connectivity index (χ3v) is 2.02. The van der Waals surface area contributed by atoms with E-state index in [9.17, 15) is 4.39 Å². The molecule has 0 radical (unpaired) electrons. The topological polar surface area (TPSA) is 38.7 Å². The van der Waals surface area contributed by atoms with Gasteiger partial charge in [-0.1, -0.05) is 0 Å². The highest BCUT2D eigenvalue weighted by Gasteiger charge is 2.01. The van der Waals surface area contributed by atoms with Crippen LogP contribution in [0.1, 0.15) is 0 Å². The van der Waals surface area contributed by atoms with E-state index >= 15 is 0 Å². The summed E-state index contributed by atoms with van der Waals surface area (Å²) in [5, 5.41) is 0. The summed E-state index contributed by atoms with van der Waals surface area (Å²) in [6.07, 6.45) is 4.66. The Bertz CT molecular complexity index is 383. The van der Waals surface area contributed by atoms with Crippen LogP contribution in [-0.4, -0.2) is 15.0 Å². The fraction of sp³-hybridized carbons (Fsp3) is 0. The number of hydrogen-bond acceptors (Lipinski definition) is 3. The SMILES string of the molecule is Fc1ccc(-c2ncc(Br)cn2)cn1. The second kappa shape index (κ2) is 3.79. The van der Waals surface area contributed by atoms with E-state index in [0.717, 1.165) is 4.47 Å². The van der Waals surface area contributed by atoms with Gasteiger partial charge in [0.1, 0.15) is 0 Å². The van der Waals surface area contributed by atoms with Crippen LogP contribution in [0.2, 0.25) is 0 Å². The smallest absolute Gasteiger partial charge is 0.212 e. The lowest BCUT2D eigenvalue weighted by Crippen LogP contribution is -1.89. The summed E-state index contributed by atoms with van der Waals surface area (Å²) in [6, 6.07) is 2.87. The number of rotatable bonds is 1. The Balaban J connectivity index is 2.40. The Morgan fingerprint density at radius 3 is 2.29 bits per heavy atom. The van der Waals surface area contributed by atoms with Gasteiger partial charge in [-0.15, -0.1) is 0 Å². The van der Waals surface area contributed by atoms with E-state index < -0.39 is 5.95 Å². The Morgan fingerprint density at radius 1 is 1.00 bits per heavy atom. The quantitative estimate of drug-likeness (QED) is 0.733. The Kier molecular flexibility index (Phi) is 2.49. The largest absolute Gasteiger partial charge is 0.235 e. The van der Waals surface area contributed by atoms with Crippen molar-refractivity contribution >= 4 is 15.9 Å². The molecule has 0 aliphatic rings. The van der Waals surface area contributed by atoms with Gasteiger partial charge in [-0.25, -0.2) is 15.0 Å². The zero-order valence-corrected chi connectivity index (χ0v) is 8.57. The molecule has 2 heterocycles. The highest BCUT2D eigenvalue weighted by molar-refractivity contribution is 9.10. The zero-order chi connectivity index (χ0) is 9.97. The van der Waals surface area contributed by atoms with E-state index in [1.165, 1.54) is 12.3 Å². The van der Waals surface area contributed by atoms with Crippen molar-refractivity contribution in [3.8, 4) is 11.4 Å². The molecular weight excluding hydrogens is 249 g/mol. The Hall–Kier alpha value is -1.36. The summed E-state index contributed by atoms with van der Waals surface area (Å²) >= 11 is 3.23. The second-order valence-electron chi connectivity index (χ2n) is 2.59. The standard InChI is InChI=1S/C9H5BrFN3/c10-7-4-13-9(14-5-7)6-1-2-8(11)12-3-6/h1-5H. The molecule has 0 amide bonds. The van der Waals surface area contributed by atoms with Gasteiger partial charge in [-0.2, -0.15) is 4.39 Å². The van der Waals surface area contributed by atoms with Crippen molar-refractivity contribution in [3.63, 3.8) is 0 Å². The highest BCUT2D eigenvalue weighted by Crippen LogP contribution is 2.14. The minimum Gasteiger partial charge on any atom is -0.235 e. The minimum absolute atomic E-state index is 0.508. The first-order chi connectivity index (χ1) is 6.75. The first-order valence-electron chi connectivity index (χ1n) is 3.85. The molecule has 14 heavy (non-hydrogen) atoms. The first kappa shape index (κ1) is 9.21. The normalized spacial score (nSPS) is 10.1. The summed E-state index contributed by atoms with van der Waals surface area (Å²) in [6.45, 7) is 0. The molecule has 70 valence electrons. The zero-order valence-electron chi connectivity index (χ0n) is 6.98. The first-order valence-corrected chi connectivity index (χ1v) is 4.64. The van der Waals surface area contributed by atoms with E-state index in [1.54, 1.807) is 18.5 Å². The van der Waals surface area contributed by atoms with Crippen LogP contribution >= 0.6 is 15.9 Å². The van der Waals surface area contributed by atoms with Crippen LogP contribution in [0.5, 0.6) is 0 Å². The molecule has 0 aliphatic carbocycles. The van der Waals surface area contributed by atoms with Crippen molar-refractivity contribution in [2.24, 2.45) is 0 Å². The predicted molar refractivity (Wildman–Crippen MR) is 52.9 cm³/mol. The van der Waals surface area contributed by atoms with Crippen molar-refractivity contribution in [3.05, 3.63) is 41.1 Å². The van der Waals surface area contributed by atoms with E-state index in [0.29, 0.717) is 11.4 Å². The lowest BCUT2D eigenvalue weighted by molar-refractivity contribution is 0.584. The van der Waals surface area contributed by atoms with Crippen molar-refractivity contribution in [2.75, 3.05) is 0 Å². The Morgan fingerprint density at radius 2 is 1.71 bits per heavy atom. The lowest BCUT2D eigenvalue weighted by atomic mass is 10.3. The van der Waals surface area contributed by atoms with Crippen LogP contribution in [0, 0.1) is 5.95 Å². The van der Waals surface area contributed by atoms with E-state index in [1.807, 2.05) is 0 Å². The average Bonchev–Trinajstić information content (AvgIpc) is 2.21. The number of nitrogens with zero attached hydrogens (tertiary/aromatic N) is 3. The maximum Gasteiger partial charge on any atom is 0.212 e. The summed E-state index contributed by atoms with van der Waals surface area (Å²) < 4.78 is 13.3. The highest BCUT2D eigenvalue weighted by atomic mass is 79.9. The summed E-state index contributed by atoms with van der Waals surface area (Å²) in [4.78, 5) is 11.6. The molecule has 0 N–H and O–H groups in total. The van der Waals surface area contributed by atoms with Crippen LogP contribution in [-0.2, 0) is 0 Å². The van der Waals surface area contributed by atoms with Crippen LogP contribution in [0.25, 0.3) is 11.4 Å². The number of hydrogen-bond donors (Lipinski definition) is 0. The summed E-state index contributed by atoms with van der Waals surface area (Å²) in [5.74, 6) is 0.0200. The molecule has 0 saturated carbocycles. The van der Waals surface area contributed by atoms with Crippen molar-refractivity contribution in [1.82, 2.24) is 15.0 Å². The van der Waals surface area contributed by atoms with Crippen LogP contribution in [0.3, 0.4) is 0 Å². The van der Waals surface area contributed by atoms with Gasteiger partial charge in [0, 0.05) is 24.2 Å². The van der Waals surface area contributed by atoms with Gasteiger partial charge in [0.05, 0.1) is 4.47 Å². The van der Waals surface area contributed by atoms with Crippen LogP contribution in [0.15, 0.2) is 35.2 Å². The maximum atomic E-state index is 12.5. The van der Waals surface area contributed by atoms with Crippen LogP contribution < -0.4 is 0 Å². The molecule has 3 nitrogen and oxygen atoms in total. The van der Waals surface area contributed by atoms with Gasteiger partial charge in [-0.3, -0.25) is 0 Å². The molecule has 0 saturated heterocycles. The molecule has 2 aromatic heterocycles.